The molecule has 1 aromatic heterocycles. The van der Waals surface area contributed by atoms with Gasteiger partial charge in [0.15, 0.2) is 18.1 Å². The summed E-state index contributed by atoms with van der Waals surface area (Å²) in [4.78, 5) is 28.5. The first kappa shape index (κ1) is 27.6. The monoisotopic (exact) mass is 556 g/mol. The molecule has 0 bridgehead atoms. The van der Waals surface area contributed by atoms with Gasteiger partial charge in [0.05, 0.1) is 28.8 Å². The van der Waals surface area contributed by atoms with Crippen molar-refractivity contribution >= 4 is 50.8 Å². The molecule has 0 aliphatic carbocycles. The number of carboxylic acid groups (broad SMARTS) is 1. The SMILES string of the molecule is CCOc1cc(/C=C(\CC(=O)O)c2nc3ccccc3s2)ccc1OCC(=O)Nc1cccc(C(F)(F)F)c1. The highest BCUT2D eigenvalue weighted by atomic mass is 32.1. The molecule has 7 nitrogen and oxygen atoms in total. The number of carbonyl (C=O) groups is 2. The second-order valence-electron chi connectivity index (χ2n) is 8.28. The Morgan fingerprint density at radius 3 is 2.54 bits per heavy atom. The molecule has 1 heterocycles. The van der Waals surface area contributed by atoms with Crippen LogP contribution >= 0.6 is 11.3 Å². The van der Waals surface area contributed by atoms with Gasteiger partial charge in [0.2, 0.25) is 0 Å². The van der Waals surface area contributed by atoms with Crippen LogP contribution in [0.25, 0.3) is 21.9 Å². The van der Waals surface area contributed by atoms with Crippen LogP contribution in [0, 0.1) is 0 Å². The molecular formula is C28H23F3N2O5S. The number of carbonyl (C=O) groups excluding carboxylic acids is 1. The van der Waals surface area contributed by atoms with Gasteiger partial charge in [-0.1, -0.05) is 24.3 Å². The summed E-state index contributed by atoms with van der Waals surface area (Å²) in [7, 11) is 0. The number of amides is 1. The van der Waals surface area contributed by atoms with Crippen LogP contribution in [0.15, 0.2) is 66.7 Å². The van der Waals surface area contributed by atoms with Gasteiger partial charge < -0.3 is 19.9 Å². The van der Waals surface area contributed by atoms with Gasteiger partial charge in [-0.15, -0.1) is 11.3 Å². The van der Waals surface area contributed by atoms with Crippen molar-refractivity contribution in [3.63, 3.8) is 0 Å². The van der Waals surface area contributed by atoms with Crippen LogP contribution in [0.4, 0.5) is 18.9 Å². The number of ether oxygens (including phenoxy) is 2. The van der Waals surface area contributed by atoms with E-state index in [2.05, 4.69) is 10.3 Å². The summed E-state index contributed by atoms with van der Waals surface area (Å²) < 4.78 is 50.9. The summed E-state index contributed by atoms with van der Waals surface area (Å²) in [6.45, 7) is 1.59. The fraction of sp³-hybridized carbons (Fsp3) is 0.179. The zero-order chi connectivity index (χ0) is 28.0. The van der Waals surface area contributed by atoms with E-state index in [9.17, 15) is 27.9 Å². The number of alkyl halides is 3. The van der Waals surface area contributed by atoms with Crippen molar-refractivity contribution in [1.29, 1.82) is 0 Å². The van der Waals surface area contributed by atoms with Gasteiger partial charge in [0.1, 0.15) is 5.01 Å². The smallest absolute Gasteiger partial charge is 0.416 e. The van der Waals surface area contributed by atoms with Gasteiger partial charge in [0.25, 0.3) is 5.91 Å². The van der Waals surface area contributed by atoms with Crippen LogP contribution in [0.3, 0.4) is 0 Å². The third-order valence-corrected chi connectivity index (χ3v) is 6.46. The number of hydrogen-bond donors (Lipinski definition) is 2. The number of nitrogens with one attached hydrogen (secondary N) is 1. The normalized spacial score (nSPS) is 11.8. The number of halogens is 3. The maximum Gasteiger partial charge on any atom is 0.416 e. The molecule has 1 amide bonds. The average Bonchev–Trinajstić information content (AvgIpc) is 3.32. The second kappa shape index (κ2) is 12.0. The number of thiazole rings is 1. The topological polar surface area (TPSA) is 97.8 Å². The van der Waals surface area contributed by atoms with Crippen molar-refractivity contribution in [2.75, 3.05) is 18.5 Å². The number of nitrogens with zero attached hydrogens (tertiary/aromatic N) is 1. The number of fused-ring (bicyclic) bond motifs is 1. The third kappa shape index (κ3) is 7.35. The molecule has 39 heavy (non-hydrogen) atoms. The van der Waals surface area contributed by atoms with Crippen molar-refractivity contribution in [3.8, 4) is 11.5 Å². The van der Waals surface area contributed by atoms with E-state index >= 15 is 0 Å². The molecule has 11 heteroatoms. The van der Waals surface area contributed by atoms with E-state index in [1.54, 1.807) is 31.2 Å². The molecule has 0 saturated heterocycles. The van der Waals surface area contributed by atoms with Gasteiger partial charge in [-0.3, -0.25) is 9.59 Å². The Hall–Kier alpha value is -4.38. The summed E-state index contributed by atoms with van der Waals surface area (Å²) >= 11 is 1.39. The molecule has 0 saturated carbocycles. The van der Waals surface area contributed by atoms with Crippen molar-refractivity contribution < 1.29 is 37.3 Å². The molecule has 3 aromatic carbocycles. The first-order valence-corrected chi connectivity index (χ1v) is 12.6. The standard InChI is InChI=1S/C28H23F3N2O5S/c1-2-37-23-13-17(12-18(14-26(35)36)27-33-21-8-3-4-9-24(21)39-27)10-11-22(23)38-16-25(34)32-20-7-5-6-19(15-20)28(29,30)31/h3-13,15H,2,14,16H2,1H3,(H,32,34)(H,35,36)/b18-12+. The van der Waals surface area contributed by atoms with Gasteiger partial charge in [-0.2, -0.15) is 13.2 Å². The number of rotatable bonds is 10. The zero-order valence-corrected chi connectivity index (χ0v) is 21.4. The number of para-hydroxylation sites is 1. The highest BCUT2D eigenvalue weighted by molar-refractivity contribution is 7.19. The Bertz CT molecular complexity index is 1500. The number of benzene rings is 3. The molecule has 0 unspecified atom stereocenters. The molecule has 0 radical (unpaired) electrons. The minimum atomic E-state index is -4.53. The Labute approximate surface area is 225 Å². The lowest BCUT2D eigenvalue weighted by molar-refractivity contribution is -0.138. The lowest BCUT2D eigenvalue weighted by Gasteiger charge is -2.14. The summed E-state index contributed by atoms with van der Waals surface area (Å²) in [6, 6.07) is 16.7. The largest absolute Gasteiger partial charge is 0.490 e. The Kier molecular flexibility index (Phi) is 8.50. The quantitative estimate of drug-likeness (QED) is 0.224. The van der Waals surface area contributed by atoms with Crippen molar-refractivity contribution in [2.24, 2.45) is 0 Å². The highest BCUT2D eigenvalue weighted by Gasteiger charge is 2.30. The van der Waals surface area contributed by atoms with Gasteiger partial charge in [-0.25, -0.2) is 4.98 Å². The van der Waals surface area contributed by atoms with Crippen LogP contribution in [0.1, 0.15) is 29.5 Å². The van der Waals surface area contributed by atoms with Crippen LogP contribution in [-0.4, -0.2) is 35.2 Å². The first-order valence-electron chi connectivity index (χ1n) is 11.8. The van der Waals surface area contributed by atoms with E-state index in [1.165, 1.54) is 23.5 Å². The number of aromatic nitrogens is 1. The van der Waals surface area contributed by atoms with Gasteiger partial charge in [0, 0.05) is 5.69 Å². The molecule has 4 rings (SSSR count). The summed E-state index contributed by atoms with van der Waals surface area (Å²) in [6.07, 6.45) is -3.06. The molecule has 0 atom stereocenters. The molecule has 4 aromatic rings. The Balaban J connectivity index is 1.52. The number of aliphatic carboxylic acids is 1. The highest BCUT2D eigenvalue weighted by Crippen LogP contribution is 2.34. The van der Waals surface area contributed by atoms with Gasteiger partial charge >= 0.3 is 12.1 Å². The lowest BCUT2D eigenvalue weighted by Crippen LogP contribution is -2.20. The summed E-state index contributed by atoms with van der Waals surface area (Å²) in [5.41, 5.74) is 1.03. The van der Waals surface area contributed by atoms with E-state index in [-0.39, 0.29) is 17.9 Å². The van der Waals surface area contributed by atoms with Crippen molar-refractivity contribution in [1.82, 2.24) is 4.98 Å². The van der Waals surface area contributed by atoms with Crippen molar-refractivity contribution in [2.45, 2.75) is 19.5 Å². The molecular weight excluding hydrogens is 533 g/mol. The molecule has 0 fully saturated rings. The summed E-state index contributed by atoms with van der Waals surface area (Å²) in [5, 5.41) is 12.4. The fourth-order valence-corrected chi connectivity index (χ4v) is 4.66. The van der Waals surface area contributed by atoms with Crippen LogP contribution < -0.4 is 14.8 Å². The van der Waals surface area contributed by atoms with Crippen LogP contribution in [0.2, 0.25) is 0 Å². The molecule has 0 spiro atoms. The van der Waals surface area contributed by atoms with Crippen LogP contribution in [0.5, 0.6) is 11.5 Å². The van der Waals surface area contributed by atoms with Crippen molar-refractivity contribution in [3.05, 3.63) is 82.9 Å². The molecule has 0 aliphatic heterocycles. The molecule has 2 N–H and O–H groups in total. The fourth-order valence-electron chi connectivity index (χ4n) is 3.68. The predicted molar refractivity (Wildman–Crippen MR) is 143 cm³/mol. The second-order valence-corrected chi connectivity index (χ2v) is 9.31. The lowest BCUT2D eigenvalue weighted by atomic mass is 10.1. The number of anilines is 1. The maximum atomic E-state index is 12.9. The summed E-state index contributed by atoms with van der Waals surface area (Å²) in [5.74, 6) is -1.09. The van der Waals surface area contributed by atoms with E-state index in [0.717, 1.165) is 22.3 Å². The zero-order valence-electron chi connectivity index (χ0n) is 20.6. The molecule has 0 aliphatic rings. The number of hydrogen-bond acceptors (Lipinski definition) is 6. The van der Waals surface area contributed by atoms with E-state index < -0.39 is 30.2 Å². The predicted octanol–water partition coefficient (Wildman–Crippen LogP) is 6.75. The van der Waals surface area contributed by atoms with Crippen LogP contribution in [-0.2, 0) is 15.8 Å². The van der Waals surface area contributed by atoms with Gasteiger partial charge in [-0.05, 0) is 66.6 Å². The maximum absolute atomic E-state index is 12.9. The van der Waals surface area contributed by atoms with E-state index in [1.807, 2.05) is 24.3 Å². The minimum Gasteiger partial charge on any atom is -0.490 e. The van der Waals surface area contributed by atoms with E-state index in [4.69, 9.17) is 9.47 Å². The molecule has 202 valence electrons. The Morgan fingerprint density at radius 2 is 1.82 bits per heavy atom. The minimum absolute atomic E-state index is 0.00949. The third-order valence-electron chi connectivity index (χ3n) is 5.35. The Morgan fingerprint density at radius 1 is 1.03 bits per heavy atom. The average molecular weight is 557 g/mol. The van der Waals surface area contributed by atoms with E-state index in [0.29, 0.717) is 28.5 Å². The first-order chi connectivity index (χ1) is 18.6. The number of carboxylic acids is 1.